The van der Waals surface area contributed by atoms with Crippen molar-refractivity contribution in [3.05, 3.63) is 12.7 Å². The summed E-state index contributed by atoms with van der Waals surface area (Å²) >= 11 is 0. The lowest BCUT2D eigenvalue weighted by Gasteiger charge is -1.84. The highest BCUT2D eigenvalue weighted by Gasteiger charge is 2.10. The number of aromatic nitrogens is 3. The first kappa shape index (κ1) is 7.02. The molecule has 0 amide bonds. The summed E-state index contributed by atoms with van der Waals surface area (Å²) < 4.78 is 15.1. The Morgan fingerprint density at radius 3 is 2.60 bits per heavy atom. The Kier molecular flexibility index (Phi) is 2.23. The molecule has 0 spiro atoms. The van der Waals surface area contributed by atoms with Crippen LogP contribution in [0, 0.1) is 0 Å². The second kappa shape index (κ2) is 3.17. The second-order valence-corrected chi connectivity index (χ2v) is 2.51. The number of rotatable bonds is 2. The molecule has 1 aromatic heterocycles. The van der Waals surface area contributed by atoms with E-state index in [4.69, 9.17) is 0 Å². The summed E-state index contributed by atoms with van der Waals surface area (Å²) in [5.41, 5.74) is 0. The van der Waals surface area contributed by atoms with E-state index in [1.54, 1.807) is 0 Å². The van der Waals surface area contributed by atoms with Crippen molar-refractivity contribution >= 4 is 8.03 Å². The van der Waals surface area contributed by atoms with Crippen LogP contribution in [-0.2, 0) is 4.57 Å². The lowest BCUT2D eigenvalue weighted by molar-refractivity contribution is 0.486. The fraction of sp³-hybridized carbons (Fsp3) is 0.250. The summed E-state index contributed by atoms with van der Waals surface area (Å²) in [5, 5.41) is 0. The molecule has 0 fully saturated rings. The van der Waals surface area contributed by atoms with Crippen molar-refractivity contribution in [2.75, 3.05) is 6.66 Å². The van der Waals surface area contributed by atoms with E-state index in [2.05, 4.69) is 19.5 Å². The van der Waals surface area contributed by atoms with Gasteiger partial charge in [-0.2, -0.15) is 9.97 Å². The highest BCUT2D eigenvalue weighted by molar-refractivity contribution is 7.38. The van der Waals surface area contributed by atoms with E-state index in [1.807, 2.05) is 0 Å². The van der Waals surface area contributed by atoms with Crippen molar-refractivity contribution in [2.24, 2.45) is 0 Å². The first-order valence-electron chi connectivity index (χ1n) is 2.50. The molecule has 1 atom stereocenters. The van der Waals surface area contributed by atoms with Crippen LogP contribution in [0.4, 0.5) is 0 Å². The Morgan fingerprint density at radius 1 is 1.50 bits per heavy atom. The van der Waals surface area contributed by atoms with Gasteiger partial charge < -0.3 is 0 Å². The molecule has 10 heavy (non-hydrogen) atoms. The van der Waals surface area contributed by atoms with E-state index in [9.17, 15) is 4.57 Å². The van der Waals surface area contributed by atoms with Crippen LogP contribution in [0.5, 0.6) is 6.01 Å². The Balaban J connectivity index is 2.67. The molecule has 1 rings (SSSR count). The van der Waals surface area contributed by atoms with Gasteiger partial charge in [0.1, 0.15) is 12.7 Å². The van der Waals surface area contributed by atoms with Crippen LogP contribution in [0.25, 0.3) is 0 Å². The van der Waals surface area contributed by atoms with Crippen molar-refractivity contribution in [3.63, 3.8) is 0 Å². The van der Waals surface area contributed by atoms with Gasteiger partial charge in [0.2, 0.25) is 0 Å². The second-order valence-electron chi connectivity index (χ2n) is 1.45. The van der Waals surface area contributed by atoms with E-state index in [0.717, 1.165) is 0 Å². The smallest absolute Gasteiger partial charge is 0.225 e. The van der Waals surface area contributed by atoms with E-state index in [0.29, 0.717) is 0 Å². The molecule has 0 saturated carbocycles. The highest BCUT2D eigenvalue weighted by Crippen LogP contribution is 2.16. The average Bonchev–Trinajstić information content (AvgIpc) is 1.88. The van der Waals surface area contributed by atoms with Crippen molar-refractivity contribution in [1.29, 1.82) is 0 Å². The normalized spacial score (nSPS) is 10.7. The maximum absolute atomic E-state index is 10.4. The van der Waals surface area contributed by atoms with Gasteiger partial charge in [0.25, 0.3) is 0 Å². The third kappa shape index (κ3) is 2.03. The molecule has 0 aliphatic heterocycles. The summed E-state index contributed by atoms with van der Waals surface area (Å²) in [6.07, 6.45) is 2.56. The maximum atomic E-state index is 10.4. The summed E-state index contributed by atoms with van der Waals surface area (Å²) in [4.78, 5) is 10.7. The lowest BCUT2D eigenvalue weighted by Crippen LogP contribution is -1.88. The Hall–Kier alpha value is -1.09. The topological polar surface area (TPSA) is 65.0 Å². The number of nitrogens with zero attached hydrogens (tertiary/aromatic N) is 3. The molecule has 0 saturated heterocycles. The van der Waals surface area contributed by atoms with E-state index < -0.39 is 8.03 Å². The van der Waals surface area contributed by atoms with Crippen molar-refractivity contribution in [3.8, 4) is 6.01 Å². The molecule has 0 aliphatic rings. The minimum absolute atomic E-state index is 0.0959. The molecular formula is C4H5N3O2P+. The molecule has 0 aliphatic carbocycles. The zero-order valence-corrected chi connectivity index (χ0v) is 6.15. The van der Waals surface area contributed by atoms with Crippen molar-refractivity contribution in [2.45, 2.75) is 0 Å². The Bertz CT molecular complexity index is 227. The molecule has 1 unspecified atom stereocenters. The zero-order chi connectivity index (χ0) is 7.40. The molecule has 0 radical (unpaired) electrons. The van der Waals surface area contributed by atoms with Crippen molar-refractivity contribution < 1.29 is 9.09 Å². The standard InChI is InChI=1S/C4H5N3O2P/c1-10(8)9-4-6-2-5-3-7-4/h2-3H,1H3/q+1. The summed E-state index contributed by atoms with van der Waals surface area (Å²) in [7, 11) is -1.68. The molecule has 1 aromatic rings. The minimum Gasteiger partial charge on any atom is -0.225 e. The Morgan fingerprint density at radius 2 is 2.10 bits per heavy atom. The molecule has 1 heterocycles. The van der Waals surface area contributed by atoms with Crippen molar-refractivity contribution in [1.82, 2.24) is 15.0 Å². The van der Waals surface area contributed by atoms with Crippen LogP contribution < -0.4 is 4.52 Å². The van der Waals surface area contributed by atoms with E-state index in [1.165, 1.54) is 19.3 Å². The monoisotopic (exact) mass is 158 g/mol. The maximum Gasteiger partial charge on any atom is 0.555 e. The summed E-state index contributed by atoms with van der Waals surface area (Å²) in [6, 6.07) is 0.0959. The van der Waals surface area contributed by atoms with Gasteiger partial charge in [0, 0.05) is 0 Å². The lowest BCUT2D eigenvalue weighted by atomic mass is 11.0. The minimum atomic E-state index is -1.68. The number of hydrogen-bond acceptors (Lipinski definition) is 5. The molecule has 5 nitrogen and oxygen atoms in total. The average molecular weight is 158 g/mol. The third-order valence-corrected chi connectivity index (χ3v) is 1.10. The van der Waals surface area contributed by atoms with Gasteiger partial charge in [0.15, 0.2) is 6.66 Å². The Labute approximate surface area is 58.4 Å². The van der Waals surface area contributed by atoms with Gasteiger partial charge in [-0.15, -0.1) is 0 Å². The van der Waals surface area contributed by atoms with Crippen LogP contribution in [0.1, 0.15) is 0 Å². The molecule has 6 heteroatoms. The summed E-state index contributed by atoms with van der Waals surface area (Å²) in [5.74, 6) is 0. The van der Waals surface area contributed by atoms with Gasteiger partial charge >= 0.3 is 14.0 Å². The first-order valence-corrected chi connectivity index (χ1v) is 4.12. The third-order valence-electron chi connectivity index (χ3n) is 0.680. The quantitative estimate of drug-likeness (QED) is 0.590. The van der Waals surface area contributed by atoms with Gasteiger partial charge in [-0.3, -0.25) is 0 Å². The predicted octanol–water partition coefficient (Wildman–Crippen LogP) is 0.623. The van der Waals surface area contributed by atoms with Crippen LogP contribution in [0.2, 0.25) is 0 Å². The fourth-order valence-electron chi connectivity index (χ4n) is 0.391. The fourth-order valence-corrected chi connectivity index (χ4v) is 0.715. The first-order chi connectivity index (χ1) is 4.79. The SMILES string of the molecule is C[P+](=O)Oc1ncncn1. The van der Waals surface area contributed by atoms with Crippen LogP contribution in [0.15, 0.2) is 12.7 Å². The zero-order valence-electron chi connectivity index (χ0n) is 5.26. The van der Waals surface area contributed by atoms with E-state index >= 15 is 0 Å². The molecule has 0 N–H and O–H groups in total. The molecule has 0 bridgehead atoms. The summed E-state index contributed by atoms with van der Waals surface area (Å²) in [6.45, 7) is 1.43. The van der Waals surface area contributed by atoms with Gasteiger partial charge in [-0.25, -0.2) is 9.51 Å². The number of hydrogen-bond donors (Lipinski definition) is 0. The highest BCUT2D eigenvalue weighted by atomic mass is 31.1. The van der Waals surface area contributed by atoms with E-state index in [-0.39, 0.29) is 6.01 Å². The predicted molar refractivity (Wildman–Crippen MR) is 34.0 cm³/mol. The van der Waals surface area contributed by atoms with Gasteiger partial charge in [0.05, 0.1) is 0 Å². The van der Waals surface area contributed by atoms with Crippen LogP contribution >= 0.6 is 8.03 Å². The molecule has 52 valence electrons. The van der Waals surface area contributed by atoms with Gasteiger partial charge in [-0.1, -0.05) is 0 Å². The molecular weight excluding hydrogens is 153 g/mol. The van der Waals surface area contributed by atoms with Crippen LogP contribution in [-0.4, -0.2) is 21.6 Å². The molecule has 0 aromatic carbocycles. The van der Waals surface area contributed by atoms with Crippen LogP contribution in [0.3, 0.4) is 0 Å². The van der Waals surface area contributed by atoms with Gasteiger partial charge in [-0.05, 0) is 4.57 Å². The largest absolute Gasteiger partial charge is 0.555 e.